The Morgan fingerprint density at radius 3 is 2.37 bits per heavy atom. The van der Waals surface area contributed by atoms with Crippen molar-refractivity contribution in [2.75, 3.05) is 13.2 Å². The van der Waals surface area contributed by atoms with Gasteiger partial charge in [-0.25, -0.2) is 4.79 Å². The normalized spacial score (nSPS) is 12.4. The summed E-state index contributed by atoms with van der Waals surface area (Å²) in [6.45, 7) is 4.40. The maximum Gasteiger partial charge on any atom is 0.407 e. The number of ether oxygens (including phenoxy) is 2. The summed E-state index contributed by atoms with van der Waals surface area (Å²) in [6, 6.07) is 18.9. The van der Waals surface area contributed by atoms with E-state index in [1.165, 1.54) is 0 Å². The Morgan fingerprint density at radius 2 is 1.69 bits per heavy atom. The van der Waals surface area contributed by atoms with Gasteiger partial charge in [-0.2, -0.15) is 0 Å². The smallest absolute Gasteiger partial charge is 0.407 e. The molecule has 0 saturated carbocycles. The minimum atomic E-state index is -1.27. The number of hydrogen-bond acceptors (Lipinski definition) is 6. The van der Waals surface area contributed by atoms with E-state index >= 15 is 0 Å². The van der Waals surface area contributed by atoms with E-state index in [1.807, 2.05) is 54.6 Å². The number of aromatic nitrogens is 1. The first-order valence-corrected chi connectivity index (χ1v) is 11.7. The summed E-state index contributed by atoms with van der Waals surface area (Å²) in [5, 5.41) is 14.1. The van der Waals surface area contributed by atoms with E-state index in [9.17, 15) is 14.7 Å². The van der Waals surface area contributed by atoms with Crippen molar-refractivity contribution >= 4 is 12.1 Å². The molecule has 0 aliphatic heterocycles. The highest BCUT2D eigenvalue weighted by Crippen LogP contribution is 2.30. The summed E-state index contributed by atoms with van der Waals surface area (Å²) in [4.78, 5) is 28.1. The Labute approximate surface area is 206 Å². The number of aliphatic hydroxyl groups is 1. The molecule has 1 heterocycles. The first kappa shape index (κ1) is 25.9. The summed E-state index contributed by atoms with van der Waals surface area (Å²) in [7, 11) is 0. The molecule has 3 aromatic rings. The number of amides is 1. The highest BCUT2D eigenvalue weighted by Gasteiger charge is 2.26. The first-order chi connectivity index (χ1) is 16.9. The molecule has 0 spiro atoms. The molecule has 1 aromatic heterocycles. The number of nitrogens with one attached hydrogen (secondary N) is 1. The van der Waals surface area contributed by atoms with Gasteiger partial charge >= 0.3 is 12.1 Å². The van der Waals surface area contributed by atoms with Gasteiger partial charge in [0.15, 0.2) is 0 Å². The monoisotopic (exact) mass is 476 g/mol. The second kappa shape index (κ2) is 12.7. The molecule has 184 valence electrons. The molecule has 1 unspecified atom stereocenters. The average molecular weight is 477 g/mol. The molecule has 0 radical (unpaired) electrons. The number of aryl methyl sites for hydroxylation is 1. The van der Waals surface area contributed by atoms with Gasteiger partial charge < -0.3 is 19.9 Å². The lowest BCUT2D eigenvalue weighted by Gasteiger charge is -2.25. The predicted molar refractivity (Wildman–Crippen MR) is 133 cm³/mol. The van der Waals surface area contributed by atoms with Crippen LogP contribution < -0.4 is 5.32 Å². The summed E-state index contributed by atoms with van der Waals surface area (Å²) < 4.78 is 10.3. The van der Waals surface area contributed by atoms with E-state index < -0.39 is 11.7 Å². The molecule has 35 heavy (non-hydrogen) atoms. The van der Waals surface area contributed by atoms with Crippen molar-refractivity contribution in [3.05, 3.63) is 101 Å². The van der Waals surface area contributed by atoms with Crippen LogP contribution in [0.2, 0.25) is 0 Å². The molecule has 0 aliphatic rings. The number of nitrogens with zero attached hydrogens (tertiary/aromatic N) is 1. The number of hydrogen-bond donors (Lipinski definition) is 2. The Morgan fingerprint density at radius 1 is 0.943 bits per heavy atom. The van der Waals surface area contributed by atoms with Crippen LogP contribution in [0.4, 0.5) is 4.79 Å². The minimum Gasteiger partial charge on any atom is -0.466 e. The zero-order valence-electron chi connectivity index (χ0n) is 20.2. The largest absolute Gasteiger partial charge is 0.466 e. The van der Waals surface area contributed by atoms with Crippen LogP contribution >= 0.6 is 0 Å². The summed E-state index contributed by atoms with van der Waals surface area (Å²) in [5.41, 5.74) is 2.82. The molecule has 7 nitrogen and oxygen atoms in total. The van der Waals surface area contributed by atoms with Crippen LogP contribution in [0.25, 0.3) is 0 Å². The second-order valence-corrected chi connectivity index (χ2v) is 8.40. The van der Waals surface area contributed by atoms with Gasteiger partial charge in [0, 0.05) is 30.9 Å². The van der Waals surface area contributed by atoms with Crippen LogP contribution in [-0.2, 0) is 39.3 Å². The van der Waals surface area contributed by atoms with Crippen LogP contribution in [-0.4, -0.2) is 35.3 Å². The number of esters is 1. The molecule has 0 aliphatic carbocycles. The fourth-order valence-electron chi connectivity index (χ4n) is 3.71. The van der Waals surface area contributed by atoms with Gasteiger partial charge in [0.2, 0.25) is 0 Å². The topological polar surface area (TPSA) is 97.8 Å². The van der Waals surface area contributed by atoms with Gasteiger partial charge in [0.1, 0.15) is 12.2 Å². The van der Waals surface area contributed by atoms with Crippen molar-refractivity contribution in [2.45, 2.75) is 45.3 Å². The Balaban J connectivity index is 1.69. The van der Waals surface area contributed by atoms with Gasteiger partial charge in [0.25, 0.3) is 0 Å². The molecule has 0 fully saturated rings. The minimum absolute atomic E-state index is 0.203. The van der Waals surface area contributed by atoms with Crippen molar-refractivity contribution in [2.24, 2.45) is 0 Å². The van der Waals surface area contributed by atoms with Crippen molar-refractivity contribution in [1.29, 1.82) is 0 Å². The van der Waals surface area contributed by atoms with E-state index in [4.69, 9.17) is 9.47 Å². The summed E-state index contributed by atoms with van der Waals surface area (Å²) in [5.74, 6) is -0.263. The third-order valence-electron chi connectivity index (χ3n) is 5.66. The highest BCUT2D eigenvalue weighted by molar-refractivity contribution is 5.69. The second-order valence-electron chi connectivity index (χ2n) is 8.40. The van der Waals surface area contributed by atoms with E-state index in [1.54, 1.807) is 32.3 Å². The van der Waals surface area contributed by atoms with Crippen LogP contribution in [0.5, 0.6) is 0 Å². The van der Waals surface area contributed by atoms with E-state index in [2.05, 4.69) is 10.3 Å². The Hall–Kier alpha value is -3.71. The van der Waals surface area contributed by atoms with E-state index in [0.29, 0.717) is 37.1 Å². The Bertz CT molecular complexity index is 1100. The number of carbonyl (C=O) groups excluding carboxylic acids is 2. The molecule has 2 N–H and O–H groups in total. The van der Waals surface area contributed by atoms with Crippen LogP contribution in [0.3, 0.4) is 0 Å². The Kier molecular flexibility index (Phi) is 9.38. The predicted octanol–water partition coefficient (Wildman–Crippen LogP) is 4.30. The van der Waals surface area contributed by atoms with Crippen LogP contribution in [0.15, 0.2) is 73.1 Å². The lowest BCUT2D eigenvalue weighted by Crippen LogP contribution is -2.27. The molecular formula is C28H32N2O5. The highest BCUT2D eigenvalue weighted by atomic mass is 16.5. The number of alkyl carbamates (subject to hydrolysis) is 1. The van der Waals surface area contributed by atoms with Crippen molar-refractivity contribution in [1.82, 2.24) is 10.3 Å². The van der Waals surface area contributed by atoms with E-state index in [-0.39, 0.29) is 19.0 Å². The SMILES string of the molecule is CCOC(=O)CCc1cc(CCNC(=O)OCc2ccccc2)cc(C(C)(O)c2cccnc2)c1. The van der Waals surface area contributed by atoms with Crippen molar-refractivity contribution in [3.8, 4) is 0 Å². The summed E-state index contributed by atoms with van der Waals surface area (Å²) in [6.07, 6.45) is 4.06. The standard InChI is InChI=1S/C28H32N2O5/c1-3-34-26(31)12-11-22-16-23(13-15-30-27(32)35-20-21-8-5-4-6-9-21)18-25(17-22)28(2,33)24-10-7-14-29-19-24/h4-10,14,16-19,33H,3,11-13,15,20H2,1-2H3,(H,30,32). The molecular weight excluding hydrogens is 444 g/mol. The maximum absolute atomic E-state index is 12.1. The molecule has 2 aromatic carbocycles. The lowest BCUT2D eigenvalue weighted by molar-refractivity contribution is -0.143. The zero-order valence-corrected chi connectivity index (χ0v) is 20.2. The number of pyridine rings is 1. The van der Waals surface area contributed by atoms with Crippen LogP contribution in [0, 0.1) is 0 Å². The maximum atomic E-state index is 12.1. The third-order valence-corrected chi connectivity index (χ3v) is 5.66. The fourth-order valence-corrected chi connectivity index (χ4v) is 3.71. The van der Waals surface area contributed by atoms with Crippen molar-refractivity contribution < 1.29 is 24.2 Å². The van der Waals surface area contributed by atoms with Gasteiger partial charge in [-0.15, -0.1) is 0 Å². The number of rotatable bonds is 11. The van der Waals surface area contributed by atoms with Gasteiger partial charge in [-0.05, 0) is 55.0 Å². The van der Waals surface area contributed by atoms with Gasteiger partial charge in [0.05, 0.1) is 6.61 Å². The van der Waals surface area contributed by atoms with Crippen LogP contribution in [0.1, 0.15) is 48.1 Å². The number of carbonyl (C=O) groups is 2. The average Bonchev–Trinajstić information content (AvgIpc) is 2.87. The van der Waals surface area contributed by atoms with E-state index in [0.717, 1.165) is 16.7 Å². The van der Waals surface area contributed by atoms with Gasteiger partial charge in [-0.3, -0.25) is 9.78 Å². The summed E-state index contributed by atoms with van der Waals surface area (Å²) >= 11 is 0. The molecule has 7 heteroatoms. The fraction of sp³-hybridized carbons (Fsp3) is 0.321. The number of benzene rings is 2. The quantitative estimate of drug-likeness (QED) is 0.401. The molecule has 0 saturated heterocycles. The molecule has 0 bridgehead atoms. The van der Waals surface area contributed by atoms with Gasteiger partial charge in [-0.1, -0.05) is 54.6 Å². The third kappa shape index (κ3) is 7.93. The molecule has 3 rings (SSSR count). The first-order valence-electron chi connectivity index (χ1n) is 11.7. The van der Waals surface area contributed by atoms with Crippen molar-refractivity contribution in [3.63, 3.8) is 0 Å². The zero-order chi connectivity index (χ0) is 25.1. The molecule has 1 amide bonds. The molecule has 1 atom stereocenters. The lowest BCUT2D eigenvalue weighted by atomic mass is 9.86.